The summed E-state index contributed by atoms with van der Waals surface area (Å²) in [5, 5.41) is 0. The lowest BCUT2D eigenvalue weighted by molar-refractivity contribution is 0.601. The molecule has 0 aliphatic heterocycles. The monoisotopic (exact) mass is 367 g/mol. The van der Waals surface area contributed by atoms with Crippen LogP contribution in [0.5, 0.6) is 0 Å². The second-order valence-electron chi connectivity index (χ2n) is 4.96. The standard InChI is InChI=1S/C16H18BrNO2S/c1-3-12(2)15-6-4-5-7-16(15)18-21(19,20)14-10-8-13(17)9-11-14/h4-12,18H,3H2,1-2H3/t12-/m1/s1. The van der Waals surface area contributed by atoms with E-state index in [2.05, 4.69) is 34.5 Å². The first-order chi connectivity index (χ1) is 9.94. The highest BCUT2D eigenvalue weighted by Crippen LogP contribution is 2.28. The van der Waals surface area contributed by atoms with E-state index in [9.17, 15) is 8.42 Å². The molecule has 3 nitrogen and oxygen atoms in total. The summed E-state index contributed by atoms with van der Waals surface area (Å²) >= 11 is 3.30. The maximum Gasteiger partial charge on any atom is 0.261 e. The molecule has 0 heterocycles. The molecule has 112 valence electrons. The lowest BCUT2D eigenvalue weighted by atomic mass is 9.97. The van der Waals surface area contributed by atoms with Crippen molar-refractivity contribution in [2.45, 2.75) is 31.1 Å². The van der Waals surface area contributed by atoms with Crippen LogP contribution < -0.4 is 4.72 Å². The Morgan fingerprint density at radius 1 is 1.10 bits per heavy atom. The molecule has 0 aliphatic carbocycles. The predicted molar refractivity (Wildman–Crippen MR) is 90.1 cm³/mol. The van der Waals surface area contributed by atoms with E-state index in [1.807, 2.05) is 18.2 Å². The summed E-state index contributed by atoms with van der Waals surface area (Å²) < 4.78 is 28.4. The van der Waals surface area contributed by atoms with Crippen LogP contribution in [0.2, 0.25) is 0 Å². The Labute approximate surface area is 134 Å². The molecule has 0 aliphatic rings. The van der Waals surface area contributed by atoms with Gasteiger partial charge >= 0.3 is 0 Å². The van der Waals surface area contributed by atoms with E-state index in [0.717, 1.165) is 16.5 Å². The minimum Gasteiger partial charge on any atom is -0.279 e. The Kier molecular flexibility index (Phi) is 5.06. The van der Waals surface area contributed by atoms with Crippen molar-refractivity contribution in [3.8, 4) is 0 Å². The molecule has 0 saturated heterocycles. The van der Waals surface area contributed by atoms with Gasteiger partial charge in [-0.3, -0.25) is 4.72 Å². The maximum atomic E-state index is 12.4. The summed E-state index contributed by atoms with van der Waals surface area (Å²) in [7, 11) is -3.57. The van der Waals surface area contributed by atoms with Gasteiger partial charge in [0.15, 0.2) is 0 Å². The summed E-state index contributed by atoms with van der Waals surface area (Å²) in [4.78, 5) is 0.254. The normalized spacial score (nSPS) is 12.9. The highest BCUT2D eigenvalue weighted by atomic mass is 79.9. The molecular formula is C16H18BrNO2S. The van der Waals surface area contributed by atoms with E-state index in [0.29, 0.717) is 11.6 Å². The van der Waals surface area contributed by atoms with Gasteiger partial charge in [-0.15, -0.1) is 0 Å². The third-order valence-corrected chi connectivity index (χ3v) is 5.38. The van der Waals surface area contributed by atoms with Crippen LogP contribution in [0.3, 0.4) is 0 Å². The van der Waals surface area contributed by atoms with Crippen molar-refractivity contribution >= 4 is 31.6 Å². The third-order valence-electron chi connectivity index (χ3n) is 3.47. The number of hydrogen-bond donors (Lipinski definition) is 1. The van der Waals surface area contributed by atoms with Gasteiger partial charge in [0.1, 0.15) is 0 Å². The summed E-state index contributed by atoms with van der Waals surface area (Å²) in [5.74, 6) is 0.300. The number of nitrogens with one attached hydrogen (secondary N) is 1. The van der Waals surface area contributed by atoms with Gasteiger partial charge < -0.3 is 0 Å². The van der Waals surface area contributed by atoms with Crippen LogP contribution >= 0.6 is 15.9 Å². The second kappa shape index (κ2) is 6.62. The lowest BCUT2D eigenvalue weighted by Gasteiger charge is -2.16. The molecule has 2 aromatic rings. The fraction of sp³-hybridized carbons (Fsp3) is 0.250. The highest BCUT2D eigenvalue weighted by molar-refractivity contribution is 9.10. The average Bonchev–Trinajstić information content (AvgIpc) is 2.47. The van der Waals surface area contributed by atoms with Gasteiger partial charge in [-0.1, -0.05) is 48.0 Å². The lowest BCUT2D eigenvalue weighted by Crippen LogP contribution is -2.14. The van der Waals surface area contributed by atoms with Gasteiger partial charge in [0, 0.05) is 4.47 Å². The number of anilines is 1. The van der Waals surface area contributed by atoms with E-state index >= 15 is 0 Å². The second-order valence-corrected chi connectivity index (χ2v) is 7.55. The first-order valence-electron chi connectivity index (χ1n) is 6.81. The third kappa shape index (κ3) is 3.86. The molecule has 1 atom stereocenters. The van der Waals surface area contributed by atoms with Crippen molar-refractivity contribution in [1.82, 2.24) is 0 Å². The zero-order chi connectivity index (χ0) is 15.5. The van der Waals surface area contributed by atoms with E-state index < -0.39 is 10.0 Å². The van der Waals surface area contributed by atoms with Crippen LogP contribution in [-0.2, 0) is 10.0 Å². The van der Waals surface area contributed by atoms with Crippen LogP contribution in [0.4, 0.5) is 5.69 Å². The van der Waals surface area contributed by atoms with Crippen LogP contribution in [-0.4, -0.2) is 8.42 Å². The molecule has 2 aromatic carbocycles. The van der Waals surface area contributed by atoms with Crippen LogP contribution in [0.1, 0.15) is 31.7 Å². The molecule has 2 rings (SSSR count). The predicted octanol–water partition coefficient (Wildman–Crippen LogP) is 4.76. The molecule has 5 heteroatoms. The summed E-state index contributed by atoms with van der Waals surface area (Å²) in [6, 6.07) is 14.1. The smallest absolute Gasteiger partial charge is 0.261 e. The maximum absolute atomic E-state index is 12.4. The van der Waals surface area contributed by atoms with Crippen molar-refractivity contribution in [1.29, 1.82) is 0 Å². The number of hydrogen-bond acceptors (Lipinski definition) is 2. The number of rotatable bonds is 5. The topological polar surface area (TPSA) is 46.2 Å². The molecule has 0 spiro atoms. The molecule has 0 fully saturated rings. The molecular weight excluding hydrogens is 350 g/mol. The van der Waals surface area contributed by atoms with Crippen LogP contribution in [0, 0.1) is 0 Å². The molecule has 0 aromatic heterocycles. The Balaban J connectivity index is 2.35. The quantitative estimate of drug-likeness (QED) is 0.827. The number of sulfonamides is 1. The zero-order valence-corrected chi connectivity index (χ0v) is 14.4. The molecule has 1 N–H and O–H groups in total. The van der Waals surface area contributed by atoms with Gasteiger partial charge in [-0.25, -0.2) is 8.42 Å². The van der Waals surface area contributed by atoms with Gasteiger partial charge in [0.2, 0.25) is 0 Å². The van der Waals surface area contributed by atoms with E-state index in [1.165, 1.54) is 0 Å². The molecule has 0 amide bonds. The largest absolute Gasteiger partial charge is 0.279 e. The average molecular weight is 368 g/mol. The Morgan fingerprint density at radius 2 is 1.71 bits per heavy atom. The van der Waals surface area contributed by atoms with Gasteiger partial charge in [0.05, 0.1) is 10.6 Å². The minimum atomic E-state index is -3.57. The summed E-state index contributed by atoms with van der Waals surface area (Å²) in [6.45, 7) is 4.18. The van der Waals surface area contributed by atoms with Gasteiger partial charge in [-0.2, -0.15) is 0 Å². The minimum absolute atomic E-state index is 0.254. The zero-order valence-electron chi connectivity index (χ0n) is 12.0. The Bertz CT molecular complexity index is 711. The first kappa shape index (κ1) is 16.0. The first-order valence-corrected chi connectivity index (χ1v) is 9.09. The van der Waals surface area contributed by atoms with Crippen molar-refractivity contribution < 1.29 is 8.42 Å². The SMILES string of the molecule is CC[C@@H](C)c1ccccc1NS(=O)(=O)c1ccc(Br)cc1. The molecule has 0 radical (unpaired) electrons. The molecule has 0 bridgehead atoms. The van der Waals surface area contributed by atoms with E-state index in [-0.39, 0.29) is 4.90 Å². The Hall–Kier alpha value is -1.33. The van der Waals surface area contributed by atoms with Crippen molar-refractivity contribution in [3.05, 3.63) is 58.6 Å². The molecule has 0 saturated carbocycles. The van der Waals surface area contributed by atoms with Gasteiger partial charge in [-0.05, 0) is 48.2 Å². The number of benzene rings is 2. The fourth-order valence-corrected chi connectivity index (χ4v) is 3.41. The van der Waals surface area contributed by atoms with Gasteiger partial charge in [0.25, 0.3) is 10.0 Å². The van der Waals surface area contributed by atoms with Crippen molar-refractivity contribution in [2.75, 3.05) is 4.72 Å². The summed E-state index contributed by atoms with van der Waals surface area (Å²) in [6.07, 6.45) is 0.955. The summed E-state index contributed by atoms with van der Waals surface area (Å²) in [5.41, 5.74) is 1.66. The number of halogens is 1. The number of para-hydroxylation sites is 1. The van der Waals surface area contributed by atoms with E-state index in [1.54, 1.807) is 30.3 Å². The van der Waals surface area contributed by atoms with Crippen LogP contribution in [0.25, 0.3) is 0 Å². The van der Waals surface area contributed by atoms with Crippen LogP contribution in [0.15, 0.2) is 57.9 Å². The fourth-order valence-electron chi connectivity index (χ4n) is 2.06. The molecule has 0 unspecified atom stereocenters. The van der Waals surface area contributed by atoms with Crippen molar-refractivity contribution in [3.63, 3.8) is 0 Å². The highest BCUT2D eigenvalue weighted by Gasteiger charge is 2.17. The molecule has 21 heavy (non-hydrogen) atoms. The van der Waals surface area contributed by atoms with E-state index in [4.69, 9.17) is 0 Å². The Morgan fingerprint density at radius 3 is 2.33 bits per heavy atom. The van der Waals surface area contributed by atoms with Crippen molar-refractivity contribution in [2.24, 2.45) is 0 Å².